The molecule has 1 saturated heterocycles. The fraction of sp³-hybridized carbons (Fsp3) is 0.207. The third-order valence-corrected chi connectivity index (χ3v) is 10.1. The van der Waals surface area contributed by atoms with Gasteiger partial charge in [0.15, 0.2) is 16.9 Å². The molecule has 238 valence electrons. The molecule has 0 saturated carbocycles. The predicted molar refractivity (Wildman–Crippen MR) is 173 cm³/mol. The van der Waals surface area contributed by atoms with E-state index >= 15 is 0 Å². The standard InChI is InChI=1S/C29H24ClN5O8S3/c1-44-17-13-45-27-21(26(39)35(27)22(17)28(40)41)32-25(38)20(19-24(30)46-29(33-19)31-14-36)34-42-12-18(37)43-23(15-8-4-2-5-9-15)16-10-6-3-7-11-16/h2-11,14,21,23,27H,12-13H2,1H3,(H,32,38)(H,40,41)(H,31,33,36)/b34-20-/t21?,27-/m1/s1. The zero-order valence-corrected chi connectivity index (χ0v) is 27.0. The van der Waals surface area contributed by atoms with Crippen LogP contribution in [0.5, 0.6) is 0 Å². The molecular formula is C29H24ClN5O8S3. The van der Waals surface area contributed by atoms with Gasteiger partial charge in [-0.2, -0.15) is 0 Å². The van der Waals surface area contributed by atoms with Crippen molar-refractivity contribution in [3.05, 3.63) is 92.4 Å². The number of benzene rings is 2. The molecule has 0 aliphatic carbocycles. The zero-order valence-electron chi connectivity index (χ0n) is 23.7. The first-order valence-corrected chi connectivity index (χ1v) is 16.8. The van der Waals surface area contributed by atoms with Crippen molar-refractivity contribution in [1.82, 2.24) is 15.2 Å². The number of amides is 3. The Morgan fingerprint density at radius 1 is 1.17 bits per heavy atom. The molecule has 3 heterocycles. The van der Waals surface area contributed by atoms with Crippen LogP contribution in [0.25, 0.3) is 0 Å². The number of thiazole rings is 1. The van der Waals surface area contributed by atoms with E-state index in [9.17, 15) is 29.1 Å². The lowest BCUT2D eigenvalue weighted by atomic mass is 10.0. The number of halogens is 1. The average molecular weight is 702 g/mol. The maximum atomic E-state index is 13.5. The summed E-state index contributed by atoms with van der Waals surface area (Å²) in [5.41, 5.74) is 0.658. The number of carbonyl (C=O) groups excluding carboxylic acids is 4. The molecule has 0 bridgehead atoms. The van der Waals surface area contributed by atoms with Crippen molar-refractivity contribution in [1.29, 1.82) is 0 Å². The first kappa shape index (κ1) is 33.0. The smallest absolute Gasteiger partial charge is 0.353 e. The minimum atomic E-state index is -1.25. The molecule has 0 radical (unpaired) electrons. The Hall–Kier alpha value is -4.38. The summed E-state index contributed by atoms with van der Waals surface area (Å²) in [6.07, 6.45) is 1.35. The summed E-state index contributed by atoms with van der Waals surface area (Å²) >= 11 is 9.68. The van der Waals surface area contributed by atoms with Gasteiger partial charge in [0.1, 0.15) is 27.1 Å². The summed E-state index contributed by atoms with van der Waals surface area (Å²) < 4.78 is 5.68. The lowest BCUT2D eigenvalue weighted by Gasteiger charge is -2.49. The van der Waals surface area contributed by atoms with Gasteiger partial charge in [-0.05, 0) is 17.4 Å². The van der Waals surface area contributed by atoms with Crippen LogP contribution >= 0.6 is 46.5 Å². The third-order valence-electron chi connectivity index (χ3n) is 6.67. The number of aromatic nitrogens is 1. The number of hydrogen-bond donors (Lipinski definition) is 3. The number of nitrogens with one attached hydrogen (secondary N) is 2. The molecule has 5 rings (SSSR count). The SMILES string of the molecule is CSC1=C(C(=O)O)N2C(=O)C(NC(=O)/C(=N\OCC(=O)OC(c3ccccc3)c3ccccc3)c3nc(NC=O)sc3Cl)[C@H]2SC1. The van der Waals surface area contributed by atoms with Crippen molar-refractivity contribution in [2.45, 2.75) is 17.5 Å². The van der Waals surface area contributed by atoms with Gasteiger partial charge in [-0.25, -0.2) is 14.6 Å². The molecule has 2 aromatic carbocycles. The number of carboxylic acid groups (broad SMARTS) is 1. The number of esters is 1. The molecule has 46 heavy (non-hydrogen) atoms. The van der Waals surface area contributed by atoms with Crippen LogP contribution < -0.4 is 10.6 Å². The molecule has 1 aromatic heterocycles. The Labute approximate surface area is 279 Å². The minimum absolute atomic E-state index is 0.0352. The molecule has 2 aliphatic heterocycles. The number of hydrogen-bond acceptors (Lipinski definition) is 12. The van der Waals surface area contributed by atoms with Crippen LogP contribution in [-0.4, -0.2) is 80.9 Å². The van der Waals surface area contributed by atoms with E-state index in [1.54, 1.807) is 6.26 Å². The quantitative estimate of drug-likeness (QED) is 0.0782. The van der Waals surface area contributed by atoms with E-state index in [2.05, 4.69) is 20.8 Å². The van der Waals surface area contributed by atoms with Gasteiger partial charge in [-0.3, -0.25) is 19.3 Å². The monoisotopic (exact) mass is 701 g/mol. The number of nitrogens with zero attached hydrogens (tertiary/aromatic N) is 3. The van der Waals surface area contributed by atoms with E-state index in [-0.39, 0.29) is 20.9 Å². The Kier molecular flexibility index (Phi) is 10.6. The number of rotatable bonds is 13. The molecular weight excluding hydrogens is 678 g/mol. The van der Waals surface area contributed by atoms with Crippen LogP contribution in [0.4, 0.5) is 5.13 Å². The summed E-state index contributed by atoms with van der Waals surface area (Å²) in [4.78, 5) is 73.3. The Balaban J connectivity index is 1.34. The second-order valence-corrected chi connectivity index (χ2v) is 13.1. The summed E-state index contributed by atoms with van der Waals surface area (Å²) in [7, 11) is 0. The largest absolute Gasteiger partial charge is 0.477 e. The van der Waals surface area contributed by atoms with Gasteiger partial charge in [0.2, 0.25) is 13.0 Å². The van der Waals surface area contributed by atoms with Gasteiger partial charge in [-0.15, -0.1) is 23.5 Å². The van der Waals surface area contributed by atoms with E-state index in [4.69, 9.17) is 21.2 Å². The first-order valence-electron chi connectivity index (χ1n) is 13.4. The summed E-state index contributed by atoms with van der Waals surface area (Å²) in [6.45, 7) is -0.701. The van der Waals surface area contributed by atoms with Crippen molar-refractivity contribution in [3.63, 3.8) is 0 Å². The summed E-state index contributed by atoms with van der Waals surface area (Å²) in [5, 5.41) is 17.8. The van der Waals surface area contributed by atoms with E-state index in [1.165, 1.54) is 23.5 Å². The maximum absolute atomic E-state index is 13.5. The van der Waals surface area contributed by atoms with Gasteiger partial charge >= 0.3 is 11.9 Å². The highest BCUT2D eigenvalue weighted by molar-refractivity contribution is 8.05. The summed E-state index contributed by atoms with van der Waals surface area (Å²) in [5.74, 6) is -3.27. The van der Waals surface area contributed by atoms with E-state index in [0.29, 0.717) is 17.1 Å². The minimum Gasteiger partial charge on any atom is -0.477 e. The molecule has 13 nitrogen and oxygen atoms in total. The fourth-order valence-corrected chi connectivity index (χ4v) is 7.86. The number of carboxylic acids is 1. The van der Waals surface area contributed by atoms with Crippen molar-refractivity contribution in [2.75, 3.05) is 23.9 Å². The van der Waals surface area contributed by atoms with Gasteiger partial charge in [-0.1, -0.05) is 88.8 Å². The lowest BCUT2D eigenvalue weighted by molar-refractivity contribution is -0.153. The third kappa shape index (κ3) is 7.04. The van der Waals surface area contributed by atoms with Crippen LogP contribution in [0.1, 0.15) is 22.9 Å². The highest BCUT2D eigenvalue weighted by Crippen LogP contribution is 2.43. The van der Waals surface area contributed by atoms with Crippen molar-refractivity contribution in [3.8, 4) is 0 Å². The van der Waals surface area contributed by atoms with Crippen LogP contribution in [0.3, 0.4) is 0 Å². The van der Waals surface area contributed by atoms with Crippen LogP contribution in [-0.2, 0) is 33.5 Å². The second kappa shape index (κ2) is 14.8. The predicted octanol–water partition coefficient (Wildman–Crippen LogP) is 3.48. The number of anilines is 1. The highest BCUT2D eigenvalue weighted by Gasteiger charge is 2.54. The van der Waals surface area contributed by atoms with Gasteiger partial charge in [0.25, 0.3) is 11.8 Å². The normalized spacial score (nSPS) is 17.6. The zero-order chi connectivity index (χ0) is 32.8. The fourth-order valence-electron chi connectivity index (χ4n) is 4.61. The van der Waals surface area contributed by atoms with Crippen LogP contribution in [0.15, 0.2) is 76.4 Å². The average Bonchev–Trinajstić information content (AvgIpc) is 3.43. The number of β-lactam (4-membered cyclic amide) rings is 1. The first-order chi connectivity index (χ1) is 22.2. The molecule has 3 aromatic rings. The number of ether oxygens (including phenoxy) is 1. The van der Waals surface area contributed by atoms with Crippen LogP contribution in [0.2, 0.25) is 4.34 Å². The number of aliphatic carboxylic acids is 1. The van der Waals surface area contributed by atoms with Gasteiger partial charge in [0, 0.05) is 10.7 Å². The Bertz CT molecular complexity index is 1680. The van der Waals surface area contributed by atoms with E-state index in [0.717, 1.165) is 27.4 Å². The van der Waals surface area contributed by atoms with Crippen molar-refractivity contribution >= 4 is 87.5 Å². The second-order valence-electron chi connectivity index (χ2n) is 9.45. The van der Waals surface area contributed by atoms with Crippen molar-refractivity contribution in [2.24, 2.45) is 5.16 Å². The van der Waals surface area contributed by atoms with Crippen LogP contribution in [0, 0.1) is 0 Å². The van der Waals surface area contributed by atoms with Gasteiger partial charge in [0.05, 0.1) is 0 Å². The Morgan fingerprint density at radius 3 is 2.41 bits per heavy atom. The molecule has 1 fully saturated rings. The molecule has 17 heteroatoms. The number of fused-ring (bicyclic) bond motifs is 1. The molecule has 3 N–H and O–H groups in total. The number of oxime groups is 1. The summed E-state index contributed by atoms with van der Waals surface area (Å²) in [6, 6.07) is 17.1. The topological polar surface area (TPSA) is 177 Å². The molecule has 2 atom stereocenters. The number of carbonyl (C=O) groups is 5. The highest BCUT2D eigenvalue weighted by atomic mass is 35.5. The molecule has 3 amide bonds. The van der Waals surface area contributed by atoms with E-state index < -0.39 is 53.6 Å². The van der Waals surface area contributed by atoms with Crippen molar-refractivity contribution < 1.29 is 38.7 Å². The maximum Gasteiger partial charge on any atom is 0.353 e. The Morgan fingerprint density at radius 2 is 1.83 bits per heavy atom. The molecule has 2 aliphatic rings. The van der Waals surface area contributed by atoms with Gasteiger partial charge < -0.3 is 25.3 Å². The number of thioether (sulfide) groups is 2. The molecule has 0 spiro atoms. The van der Waals surface area contributed by atoms with E-state index in [1.807, 2.05) is 60.7 Å². The lowest BCUT2D eigenvalue weighted by Crippen LogP contribution is -2.71. The molecule has 1 unspecified atom stereocenters.